The maximum absolute atomic E-state index is 12.6. The summed E-state index contributed by atoms with van der Waals surface area (Å²) in [6.07, 6.45) is 4.65. The molecule has 0 atom stereocenters. The van der Waals surface area contributed by atoms with Crippen LogP contribution in [0.5, 0.6) is 0 Å². The molecule has 0 fully saturated rings. The summed E-state index contributed by atoms with van der Waals surface area (Å²) in [6.45, 7) is 3.86. The Bertz CT molecular complexity index is 645. The fourth-order valence-electron chi connectivity index (χ4n) is 1.76. The lowest BCUT2D eigenvalue weighted by Crippen LogP contribution is -2.31. The molecule has 0 bridgehead atoms. The molecule has 102 valence electrons. The quantitative estimate of drug-likeness (QED) is 0.847. The molecule has 2 rings (SSSR count). The fourth-order valence-corrected chi connectivity index (χ4v) is 3.25. The van der Waals surface area contributed by atoms with Crippen molar-refractivity contribution >= 4 is 15.7 Å². The lowest BCUT2D eigenvalue weighted by atomic mass is 10.4. The zero-order valence-electron chi connectivity index (χ0n) is 11.1. The van der Waals surface area contributed by atoms with Gasteiger partial charge in [-0.3, -0.25) is 9.29 Å². The van der Waals surface area contributed by atoms with Crippen molar-refractivity contribution in [2.24, 2.45) is 7.05 Å². The Kier molecular flexibility index (Phi) is 3.57. The Balaban J connectivity index is 2.48. The number of nitrogens with zero attached hydrogens (tertiary/aromatic N) is 4. The molecule has 2 aromatic heterocycles. The highest BCUT2D eigenvalue weighted by Gasteiger charge is 2.26. The Morgan fingerprint density at radius 3 is 2.63 bits per heavy atom. The second-order valence-electron chi connectivity index (χ2n) is 4.12. The van der Waals surface area contributed by atoms with E-state index in [1.807, 2.05) is 0 Å². The SMILES string of the molecule is CCN(c1cccnc1)S(=O)(=O)c1cn(C)c(C)n1. The van der Waals surface area contributed by atoms with Crippen LogP contribution in [-0.2, 0) is 17.1 Å². The molecule has 2 heterocycles. The van der Waals surface area contributed by atoms with Gasteiger partial charge in [0.1, 0.15) is 5.82 Å². The van der Waals surface area contributed by atoms with Crippen LogP contribution in [0.1, 0.15) is 12.7 Å². The van der Waals surface area contributed by atoms with Gasteiger partial charge >= 0.3 is 0 Å². The number of hydrogen-bond donors (Lipinski definition) is 0. The van der Waals surface area contributed by atoms with E-state index in [1.54, 1.807) is 43.8 Å². The second-order valence-corrected chi connectivity index (χ2v) is 5.93. The zero-order valence-corrected chi connectivity index (χ0v) is 11.9. The summed E-state index contributed by atoms with van der Waals surface area (Å²) in [5.41, 5.74) is 0.535. The van der Waals surface area contributed by atoms with Crippen molar-refractivity contribution in [2.75, 3.05) is 10.8 Å². The number of pyridine rings is 1. The summed E-state index contributed by atoms with van der Waals surface area (Å²) < 4.78 is 28.1. The maximum Gasteiger partial charge on any atom is 0.283 e. The van der Waals surface area contributed by atoms with Crippen LogP contribution in [0, 0.1) is 6.92 Å². The van der Waals surface area contributed by atoms with Gasteiger partial charge in [-0.1, -0.05) is 0 Å². The fraction of sp³-hybridized carbons (Fsp3) is 0.333. The van der Waals surface area contributed by atoms with Crippen molar-refractivity contribution < 1.29 is 8.42 Å². The first-order valence-electron chi connectivity index (χ1n) is 5.89. The van der Waals surface area contributed by atoms with Gasteiger partial charge in [0.2, 0.25) is 0 Å². The summed E-state index contributed by atoms with van der Waals surface area (Å²) >= 11 is 0. The Morgan fingerprint density at radius 1 is 1.42 bits per heavy atom. The van der Waals surface area contributed by atoms with Gasteiger partial charge in [0.25, 0.3) is 10.0 Å². The van der Waals surface area contributed by atoms with E-state index in [-0.39, 0.29) is 5.03 Å². The average Bonchev–Trinajstić information content (AvgIpc) is 2.72. The van der Waals surface area contributed by atoms with Gasteiger partial charge < -0.3 is 4.57 Å². The number of imidazole rings is 1. The van der Waals surface area contributed by atoms with Crippen LogP contribution in [-0.4, -0.2) is 29.5 Å². The predicted molar refractivity (Wildman–Crippen MR) is 72.4 cm³/mol. The third-order valence-electron chi connectivity index (χ3n) is 2.86. The van der Waals surface area contributed by atoms with Crippen LogP contribution >= 0.6 is 0 Å². The molecule has 0 N–H and O–H groups in total. The van der Waals surface area contributed by atoms with Crippen LogP contribution in [0.15, 0.2) is 35.7 Å². The second kappa shape index (κ2) is 5.00. The first-order valence-corrected chi connectivity index (χ1v) is 7.33. The number of anilines is 1. The largest absolute Gasteiger partial charge is 0.337 e. The van der Waals surface area contributed by atoms with E-state index in [2.05, 4.69) is 9.97 Å². The molecule has 0 aromatic carbocycles. The van der Waals surface area contributed by atoms with Gasteiger partial charge in [0.05, 0.1) is 11.9 Å². The van der Waals surface area contributed by atoms with Gasteiger partial charge in [0.15, 0.2) is 5.03 Å². The summed E-state index contributed by atoms with van der Waals surface area (Å²) in [5.74, 6) is 0.654. The van der Waals surface area contributed by atoms with E-state index in [0.717, 1.165) is 0 Å². The van der Waals surface area contributed by atoms with Crippen molar-refractivity contribution in [3.8, 4) is 0 Å². The molecule has 0 saturated heterocycles. The zero-order chi connectivity index (χ0) is 14.0. The minimum absolute atomic E-state index is 0.0539. The normalized spacial score (nSPS) is 11.5. The molecular weight excluding hydrogens is 264 g/mol. The minimum Gasteiger partial charge on any atom is -0.337 e. The van der Waals surface area contributed by atoms with Gasteiger partial charge in [-0.2, -0.15) is 8.42 Å². The number of rotatable bonds is 4. The molecule has 7 heteroatoms. The highest BCUT2D eigenvalue weighted by atomic mass is 32.2. The molecule has 2 aromatic rings. The molecule has 0 unspecified atom stereocenters. The third-order valence-corrected chi connectivity index (χ3v) is 4.64. The molecular formula is C12H16N4O2S. The average molecular weight is 280 g/mol. The highest BCUT2D eigenvalue weighted by Crippen LogP contribution is 2.21. The number of hydrogen-bond acceptors (Lipinski definition) is 4. The monoisotopic (exact) mass is 280 g/mol. The van der Waals surface area contributed by atoms with Gasteiger partial charge in [-0.05, 0) is 26.0 Å². The lowest BCUT2D eigenvalue weighted by molar-refractivity contribution is 0.588. The Labute approximate surface area is 112 Å². The molecule has 6 nitrogen and oxygen atoms in total. The van der Waals surface area contributed by atoms with Crippen LogP contribution in [0.25, 0.3) is 0 Å². The number of aromatic nitrogens is 3. The summed E-state index contributed by atoms with van der Waals surface area (Å²) in [4.78, 5) is 8.04. The molecule has 0 spiro atoms. The number of aryl methyl sites for hydroxylation is 2. The molecule has 0 aliphatic carbocycles. The van der Waals surface area contributed by atoms with Crippen LogP contribution in [0.3, 0.4) is 0 Å². The van der Waals surface area contributed by atoms with E-state index < -0.39 is 10.0 Å². The first-order chi connectivity index (χ1) is 8.96. The molecule has 0 radical (unpaired) electrons. The van der Waals surface area contributed by atoms with E-state index in [1.165, 1.54) is 16.7 Å². The number of sulfonamides is 1. The molecule has 0 saturated carbocycles. The molecule has 0 aliphatic heterocycles. The summed E-state index contributed by atoms with van der Waals surface area (Å²) in [7, 11) is -1.88. The van der Waals surface area contributed by atoms with Crippen LogP contribution < -0.4 is 4.31 Å². The van der Waals surface area contributed by atoms with Gasteiger partial charge in [-0.25, -0.2) is 4.98 Å². The molecule has 0 amide bonds. The van der Waals surface area contributed by atoms with E-state index in [0.29, 0.717) is 18.1 Å². The summed E-state index contributed by atoms with van der Waals surface area (Å²) in [5, 5.41) is 0.0539. The summed E-state index contributed by atoms with van der Waals surface area (Å²) in [6, 6.07) is 3.42. The van der Waals surface area contributed by atoms with Crippen molar-refractivity contribution in [2.45, 2.75) is 18.9 Å². The van der Waals surface area contributed by atoms with Crippen molar-refractivity contribution in [3.63, 3.8) is 0 Å². The van der Waals surface area contributed by atoms with Crippen molar-refractivity contribution in [3.05, 3.63) is 36.5 Å². The third kappa shape index (κ3) is 2.46. The van der Waals surface area contributed by atoms with E-state index in [9.17, 15) is 8.42 Å². The van der Waals surface area contributed by atoms with Gasteiger partial charge in [0, 0.05) is 26.0 Å². The Morgan fingerprint density at radius 2 is 2.16 bits per heavy atom. The van der Waals surface area contributed by atoms with E-state index >= 15 is 0 Å². The van der Waals surface area contributed by atoms with Crippen LogP contribution in [0.2, 0.25) is 0 Å². The van der Waals surface area contributed by atoms with Crippen molar-refractivity contribution in [1.82, 2.24) is 14.5 Å². The maximum atomic E-state index is 12.6. The van der Waals surface area contributed by atoms with Gasteiger partial charge in [-0.15, -0.1) is 0 Å². The smallest absolute Gasteiger partial charge is 0.283 e. The van der Waals surface area contributed by atoms with Crippen molar-refractivity contribution in [1.29, 1.82) is 0 Å². The minimum atomic E-state index is -3.64. The molecule has 19 heavy (non-hydrogen) atoms. The molecule has 0 aliphatic rings. The topological polar surface area (TPSA) is 68.1 Å². The predicted octanol–water partition coefficient (Wildman–Crippen LogP) is 1.34. The Hall–Kier alpha value is -1.89. The van der Waals surface area contributed by atoms with Crippen LogP contribution in [0.4, 0.5) is 5.69 Å². The lowest BCUT2D eigenvalue weighted by Gasteiger charge is -2.20. The first kappa shape index (κ1) is 13.5. The standard InChI is InChI=1S/C12H16N4O2S/c1-4-16(11-6-5-7-13-8-11)19(17,18)12-9-15(3)10(2)14-12/h5-9H,4H2,1-3H3. The highest BCUT2D eigenvalue weighted by molar-refractivity contribution is 7.92. The van der Waals surface area contributed by atoms with E-state index in [4.69, 9.17) is 0 Å².